The van der Waals surface area contributed by atoms with Gasteiger partial charge in [0.15, 0.2) is 0 Å². The van der Waals surface area contributed by atoms with E-state index in [0.29, 0.717) is 0 Å². The Morgan fingerprint density at radius 1 is 1.53 bits per heavy atom. The number of aryl methyl sites for hydroxylation is 1. The zero-order valence-corrected chi connectivity index (χ0v) is 9.01. The summed E-state index contributed by atoms with van der Waals surface area (Å²) in [7, 11) is 0. The van der Waals surface area contributed by atoms with Crippen molar-refractivity contribution in [1.82, 2.24) is 4.98 Å². The molecule has 1 aromatic heterocycles. The van der Waals surface area contributed by atoms with Gasteiger partial charge in [0.2, 0.25) is 0 Å². The Hall–Kier alpha value is -1.81. The first-order valence-electron chi connectivity index (χ1n) is 4.69. The van der Waals surface area contributed by atoms with E-state index in [1.165, 1.54) is 13.1 Å². The van der Waals surface area contributed by atoms with Crippen LogP contribution in [0.15, 0.2) is 6.20 Å². The molecule has 0 unspecified atom stereocenters. The van der Waals surface area contributed by atoms with Gasteiger partial charge in [-0.25, -0.2) is 0 Å². The first-order chi connectivity index (χ1) is 7.89. The van der Waals surface area contributed by atoms with Gasteiger partial charge in [0.25, 0.3) is 0 Å². The molecule has 0 spiro atoms. The lowest BCUT2D eigenvalue weighted by Gasteiger charge is -2.16. The van der Waals surface area contributed by atoms with Crippen molar-refractivity contribution in [1.29, 1.82) is 5.26 Å². The molecule has 17 heavy (non-hydrogen) atoms. The lowest BCUT2D eigenvalue weighted by Crippen LogP contribution is -2.20. The van der Waals surface area contributed by atoms with Crippen LogP contribution in [0.25, 0.3) is 0 Å². The van der Waals surface area contributed by atoms with Gasteiger partial charge in [-0.1, -0.05) is 0 Å². The fourth-order valence-electron chi connectivity index (χ4n) is 1.38. The fourth-order valence-corrected chi connectivity index (χ4v) is 1.38. The summed E-state index contributed by atoms with van der Waals surface area (Å²) in [6, 6.07) is 1.77. The number of nitrogens with two attached hydrogens (primary N) is 1. The summed E-state index contributed by atoms with van der Waals surface area (Å²) in [5, 5.41) is 8.60. The summed E-state index contributed by atoms with van der Waals surface area (Å²) < 4.78 is 40.6. The first-order valence-corrected chi connectivity index (χ1v) is 4.69. The largest absolute Gasteiger partial charge is 0.573 e. The Labute approximate surface area is 95.8 Å². The third-order valence-electron chi connectivity index (χ3n) is 2.06. The monoisotopic (exact) mass is 245 g/mol. The highest BCUT2D eigenvalue weighted by Gasteiger charge is 2.33. The van der Waals surface area contributed by atoms with Crippen LogP contribution in [0.1, 0.15) is 16.8 Å². The normalized spacial score (nSPS) is 11.1. The minimum absolute atomic E-state index is 0.0501. The van der Waals surface area contributed by atoms with Gasteiger partial charge < -0.3 is 10.5 Å². The van der Waals surface area contributed by atoms with Crippen LogP contribution >= 0.6 is 0 Å². The molecule has 1 heterocycles. The Kier molecular flexibility index (Phi) is 3.91. The van der Waals surface area contributed by atoms with Crippen LogP contribution in [0.3, 0.4) is 0 Å². The molecule has 4 nitrogen and oxygen atoms in total. The Morgan fingerprint density at radius 3 is 2.65 bits per heavy atom. The standard InChI is InChI=1S/C10H10F3N3O/c1-6-5-16-8(4-15)7(2-3-14)9(6)17-10(11,12)13/h5H,2,4,15H2,1H3. The predicted octanol–water partition coefficient (Wildman–Crippen LogP) is 1.81. The van der Waals surface area contributed by atoms with Crippen molar-refractivity contribution in [3.8, 4) is 11.8 Å². The maximum atomic E-state index is 12.2. The molecular weight excluding hydrogens is 235 g/mol. The van der Waals surface area contributed by atoms with E-state index < -0.39 is 6.36 Å². The van der Waals surface area contributed by atoms with E-state index in [2.05, 4.69) is 9.72 Å². The van der Waals surface area contributed by atoms with Crippen LogP contribution in [0, 0.1) is 18.3 Å². The van der Waals surface area contributed by atoms with Gasteiger partial charge in [0.05, 0.1) is 18.2 Å². The molecule has 0 aliphatic rings. The molecule has 0 atom stereocenters. The molecule has 0 bridgehead atoms. The summed E-state index contributed by atoms with van der Waals surface area (Å²) in [6.45, 7) is 1.38. The van der Waals surface area contributed by atoms with Crippen molar-refractivity contribution >= 4 is 0 Å². The van der Waals surface area contributed by atoms with Crippen LogP contribution in [0.2, 0.25) is 0 Å². The number of rotatable bonds is 3. The highest BCUT2D eigenvalue weighted by molar-refractivity contribution is 5.43. The number of pyridine rings is 1. The zero-order valence-electron chi connectivity index (χ0n) is 9.01. The van der Waals surface area contributed by atoms with Gasteiger partial charge in [-0.3, -0.25) is 4.98 Å². The number of nitrogens with zero attached hydrogens (tertiary/aromatic N) is 2. The average Bonchev–Trinajstić information content (AvgIpc) is 2.22. The summed E-state index contributed by atoms with van der Waals surface area (Å²) in [6.07, 6.45) is -3.79. The van der Waals surface area contributed by atoms with Crippen LogP contribution in [0.4, 0.5) is 13.2 Å². The number of nitriles is 1. The van der Waals surface area contributed by atoms with E-state index in [9.17, 15) is 13.2 Å². The van der Waals surface area contributed by atoms with Crippen molar-refractivity contribution in [2.75, 3.05) is 0 Å². The van der Waals surface area contributed by atoms with E-state index in [4.69, 9.17) is 11.0 Å². The first kappa shape index (κ1) is 13.3. The summed E-state index contributed by atoms with van der Waals surface area (Å²) in [4.78, 5) is 3.88. The Balaban J connectivity index is 3.29. The van der Waals surface area contributed by atoms with Crippen molar-refractivity contribution in [3.05, 3.63) is 23.0 Å². The molecule has 0 aliphatic heterocycles. The van der Waals surface area contributed by atoms with Crippen molar-refractivity contribution in [2.45, 2.75) is 26.3 Å². The third-order valence-corrected chi connectivity index (χ3v) is 2.06. The van der Waals surface area contributed by atoms with Gasteiger partial charge in [-0.2, -0.15) is 5.26 Å². The van der Waals surface area contributed by atoms with E-state index in [0.717, 1.165) is 0 Å². The average molecular weight is 245 g/mol. The smallest absolute Gasteiger partial charge is 0.405 e. The minimum Gasteiger partial charge on any atom is -0.405 e. The number of halogens is 3. The van der Waals surface area contributed by atoms with Crippen LogP contribution < -0.4 is 10.5 Å². The molecule has 0 amide bonds. The molecule has 0 saturated carbocycles. The number of alkyl halides is 3. The molecule has 0 fully saturated rings. The fraction of sp³-hybridized carbons (Fsp3) is 0.400. The van der Waals surface area contributed by atoms with E-state index in [1.54, 1.807) is 6.07 Å². The second kappa shape index (κ2) is 5.01. The molecule has 0 aliphatic carbocycles. The molecule has 7 heteroatoms. The molecule has 2 N–H and O–H groups in total. The number of aromatic nitrogens is 1. The lowest BCUT2D eigenvalue weighted by atomic mass is 10.1. The quantitative estimate of drug-likeness (QED) is 0.881. The molecule has 1 rings (SSSR count). The molecule has 0 radical (unpaired) electrons. The van der Waals surface area contributed by atoms with Crippen LogP contribution in [-0.4, -0.2) is 11.3 Å². The zero-order chi connectivity index (χ0) is 13.1. The van der Waals surface area contributed by atoms with Gasteiger partial charge in [-0.15, -0.1) is 13.2 Å². The topological polar surface area (TPSA) is 71.9 Å². The van der Waals surface area contributed by atoms with Gasteiger partial charge in [-0.05, 0) is 6.92 Å². The molecule has 92 valence electrons. The van der Waals surface area contributed by atoms with Gasteiger partial charge in [0, 0.05) is 23.9 Å². The number of hydrogen-bond donors (Lipinski definition) is 1. The minimum atomic E-state index is -4.80. The van der Waals surface area contributed by atoms with E-state index >= 15 is 0 Å². The van der Waals surface area contributed by atoms with Crippen molar-refractivity contribution < 1.29 is 17.9 Å². The van der Waals surface area contributed by atoms with Gasteiger partial charge >= 0.3 is 6.36 Å². The Bertz CT molecular complexity index is 451. The third kappa shape index (κ3) is 3.32. The predicted molar refractivity (Wildman–Crippen MR) is 52.9 cm³/mol. The number of hydrogen-bond acceptors (Lipinski definition) is 4. The van der Waals surface area contributed by atoms with Crippen molar-refractivity contribution in [2.24, 2.45) is 5.73 Å². The molecule has 0 saturated heterocycles. The maximum Gasteiger partial charge on any atom is 0.573 e. The Morgan fingerprint density at radius 2 is 2.18 bits per heavy atom. The SMILES string of the molecule is Cc1cnc(CN)c(CC#N)c1OC(F)(F)F. The van der Waals surface area contributed by atoms with Crippen LogP contribution in [-0.2, 0) is 13.0 Å². The summed E-state index contributed by atoms with van der Waals surface area (Å²) in [5.74, 6) is -0.380. The lowest BCUT2D eigenvalue weighted by molar-refractivity contribution is -0.275. The van der Waals surface area contributed by atoms with Crippen molar-refractivity contribution in [3.63, 3.8) is 0 Å². The van der Waals surface area contributed by atoms with Crippen LogP contribution in [0.5, 0.6) is 5.75 Å². The highest BCUT2D eigenvalue weighted by atomic mass is 19.4. The maximum absolute atomic E-state index is 12.2. The second-order valence-electron chi connectivity index (χ2n) is 3.28. The number of ether oxygens (including phenoxy) is 1. The molecule has 0 aromatic carbocycles. The highest BCUT2D eigenvalue weighted by Crippen LogP contribution is 2.31. The summed E-state index contributed by atoms with van der Waals surface area (Å²) in [5.41, 5.74) is 5.89. The molecular formula is C10H10F3N3O. The van der Waals surface area contributed by atoms with E-state index in [1.807, 2.05) is 0 Å². The summed E-state index contributed by atoms with van der Waals surface area (Å²) >= 11 is 0. The van der Waals surface area contributed by atoms with E-state index in [-0.39, 0.29) is 35.5 Å². The second-order valence-corrected chi connectivity index (χ2v) is 3.28. The molecule has 1 aromatic rings. The van der Waals surface area contributed by atoms with Gasteiger partial charge in [0.1, 0.15) is 5.75 Å².